The smallest absolute Gasteiger partial charge is 0.252 e. The molecule has 1 saturated carbocycles. The van der Waals surface area contributed by atoms with E-state index in [9.17, 15) is 19.2 Å². The van der Waals surface area contributed by atoms with Crippen LogP contribution in [-0.2, 0) is 19.2 Å². The summed E-state index contributed by atoms with van der Waals surface area (Å²) in [6.07, 6.45) is 6.13. The van der Waals surface area contributed by atoms with Crippen LogP contribution in [0.5, 0.6) is 0 Å². The van der Waals surface area contributed by atoms with Crippen LogP contribution in [0, 0.1) is 5.41 Å². The van der Waals surface area contributed by atoms with E-state index in [0.29, 0.717) is 0 Å². The van der Waals surface area contributed by atoms with E-state index in [4.69, 9.17) is 0 Å². The maximum absolute atomic E-state index is 13.0. The molecule has 0 bridgehead atoms. The zero-order valence-electron chi connectivity index (χ0n) is 12.9. The van der Waals surface area contributed by atoms with Gasteiger partial charge in [0.1, 0.15) is 5.54 Å². The first kappa shape index (κ1) is 15.2. The molecule has 1 aliphatic carbocycles. The predicted molar refractivity (Wildman–Crippen MR) is 77.4 cm³/mol. The lowest BCUT2D eigenvalue weighted by atomic mass is 9.78. The number of amides is 4. The van der Waals surface area contributed by atoms with E-state index in [1.807, 2.05) is 0 Å². The highest BCUT2D eigenvalue weighted by molar-refractivity contribution is 6.12. The van der Waals surface area contributed by atoms with Crippen LogP contribution in [0.2, 0.25) is 0 Å². The lowest BCUT2D eigenvalue weighted by Gasteiger charge is -2.39. The van der Waals surface area contributed by atoms with Gasteiger partial charge in [0.05, 0.1) is 5.41 Å². The monoisotopic (exact) mass is 306 g/mol. The number of carbonyl (C=O) groups is 4. The van der Waals surface area contributed by atoms with Crippen LogP contribution in [0.3, 0.4) is 0 Å². The quantitative estimate of drug-likeness (QED) is 0.740. The van der Waals surface area contributed by atoms with Crippen molar-refractivity contribution in [1.82, 2.24) is 10.2 Å². The number of imide groups is 2. The number of carbonyl (C=O) groups excluding carboxylic acids is 4. The summed E-state index contributed by atoms with van der Waals surface area (Å²) in [5.74, 6) is -1.34. The molecule has 120 valence electrons. The van der Waals surface area contributed by atoms with Gasteiger partial charge in [-0.3, -0.25) is 29.4 Å². The molecule has 22 heavy (non-hydrogen) atoms. The van der Waals surface area contributed by atoms with E-state index < -0.39 is 16.9 Å². The van der Waals surface area contributed by atoms with E-state index in [2.05, 4.69) is 5.32 Å². The zero-order chi connectivity index (χ0) is 16.0. The largest absolute Gasteiger partial charge is 0.294 e. The van der Waals surface area contributed by atoms with Gasteiger partial charge in [-0.2, -0.15) is 0 Å². The van der Waals surface area contributed by atoms with Crippen molar-refractivity contribution < 1.29 is 19.2 Å². The third kappa shape index (κ3) is 2.16. The van der Waals surface area contributed by atoms with Crippen LogP contribution < -0.4 is 5.32 Å². The summed E-state index contributed by atoms with van der Waals surface area (Å²) in [5.41, 5.74) is -1.84. The van der Waals surface area contributed by atoms with E-state index >= 15 is 0 Å². The lowest BCUT2D eigenvalue weighted by Crippen LogP contribution is -2.63. The van der Waals surface area contributed by atoms with Crippen LogP contribution >= 0.6 is 0 Å². The Morgan fingerprint density at radius 3 is 2.18 bits per heavy atom. The van der Waals surface area contributed by atoms with Crippen molar-refractivity contribution in [3.8, 4) is 0 Å². The van der Waals surface area contributed by atoms with Crippen molar-refractivity contribution in [2.24, 2.45) is 5.41 Å². The molecule has 2 saturated heterocycles. The summed E-state index contributed by atoms with van der Waals surface area (Å²) >= 11 is 0. The average Bonchev–Trinajstić information content (AvgIpc) is 2.63. The number of nitrogens with zero attached hydrogens (tertiary/aromatic N) is 1. The SMILES string of the molecule is CC1(N2C(=O)CC3(CCCCCC3)C2=O)CCC(=O)NC1=O. The third-order valence-corrected chi connectivity index (χ3v) is 5.53. The van der Waals surface area contributed by atoms with E-state index in [0.717, 1.165) is 38.5 Å². The topological polar surface area (TPSA) is 83.6 Å². The zero-order valence-corrected chi connectivity index (χ0v) is 12.9. The van der Waals surface area contributed by atoms with Gasteiger partial charge >= 0.3 is 0 Å². The molecule has 0 aromatic carbocycles. The molecular weight excluding hydrogens is 284 g/mol. The van der Waals surface area contributed by atoms with Crippen LogP contribution in [0.25, 0.3) is 0 Å². The molecule has 6 heteroatoms. The highest BCUT2D eigenvalue weighted by Crippen LogP contribution is 2.47. The molecule has 0 aromatic rings. The minimum absolute atomic E-state index is 0.159. The van der Waals surface area contributed by atoms with Gasteiger partial charge in [-0.25, -0.2) is 0 Å². The first-order valence-electron chi connectivity index (χ1n) is 8.11. The Hall–Kier alpha value is -1.72. The van der Waals surface area contributed by atoms with E-state index in [1.165, 1.54) is 4.90 Å². The highest BCUT2D eigenvalue weighted by atomic mass is 16.2. The van der Waals surface area contributed by atoms with Gasteiger partial charge in [0.25, 0.3) is 5.91 Å². The minimum Gasteiger partial charge on any atom is -0.294 e. The molecule has 4 amide bonds. The molecule has 2 aliphatic heterocycles. The number of hydrogen-bond acceptors (Lipinski definition) is 4. The molecule has 1 spiro atoms. The van der Waals surface area contributed by atoms with Crippen molar-refractivity contribution in [3.05, 3.63) is 0 Å². The van der Waals surface area contributed by atoms with Crippen molar-refractivity contribution >= 4 is 23.6 Å². The number of likely N-dealkylation sites (tertiary alicyclic amines) is 1. The van der Waals surface area contributed by atoms with E-state index in [1.54, 1.807) is 6.92 Å². The van der Waals surface area contributed by atoms with Crippen molar-refractivity contribution in [2.45, 2.75) is 70.3 Å². The Bertz CT molecular complexity index is 548. The number of nitrogens with one attached hydrogen (secondary N) is 1. The molecule has 0 aromatic heterocycles. The van der Waals surface area contributed by atoms with Crippen molar-refractivity contribution in [1.29, 1.82) is 0 Å². The Kier molecular flexibility index (Phi) is 3.57. The summed E-state index contributed by atoms with van der Waals surface area (Å²) in [6, 6.07) is 0. The van der Waals surface area contributed by atoms with Crippen LogP contribution in [0.15, 0.2) is 0 Å². The number of hydrogen-bond donors (Lipinski definition) is 1. The fourth-order valence-electron chi connectivity index (χ4n) is 4.10. The molecule has 3 fully saturated rings. The standard InChI is InChI=1S/C16H22N2O4/c1-15(9-6-11(19)17-13(15)21)18-12(20)10-16(14(18)22)7-4-2-3-5-8-16/h2-10H2,1H3,(H,17,19,21). The summed E-state index contributed by atoms with van der Waals surface area (Å²) in [7, 11) is 0. The molecule has 6 nitrogen and oxygen atoms in total. The fraction of sp³-hybridized carbons (Fsp3) is 0.750. The number of rotatable bonds is 1. The summed E-state index contributed by atoms with van der Waals surface area (Å²) in [4.78, 5) is 50.4. The third-order valence-electron chi connectivity index (χ3n) is 5.53. The second-order valence-electron chi connectivity index (χ2n) is 7.06. The summed E-state index contributed by atoms with van der Waals surface area (Å²) < 4.78 is 0. The van der Waals surface area contributed by atoms with Crippen LogP contribution in [0.1, 0.15) is 64.7 Å². The van der Waals surface area contributed by atoms with Crippen LogP contribution in [-0.4, -0.2) is 34.1 Å². The van der Waals surface area contributed by atoms with Gasteiger partial charge in [0.15, 0.2) is 0 Å². The first-order chi connectivity index (χ1) is 10.4. The second kappa shape index (κ2) is 5.18. The van der Waals surface area contributed by atoms with Gasteiger partial charge in [0.2, 0.25) is 17.7 Å². The minimum atomic E-state index is -1.22. The van der Waals surface area contributed by atoms with Gasteiger partial charge in [-0.15, -0.1) is 0 Å². The molecule has 1 N–H and O–H groups in total. The Balaban J connectivity index is 1.91. The maximum Gasteiger partial charge on any atom is 0.252 e. The lowest BCUT2D eigenvalue weighted by molar-refractivity contribution is -0.159. The van der Waals surface area contributed by atoms with E-state index in [-0.39, 0.29) is 37.0 Å². The summed E-state index contributed by atoms with van der Waals surface area (Å²) in [6.45, 7) is 1.60. The molecule has 1 unspecified atom stereocenters. The van der Waals surface area contributed by atoms with Crippen LogP contribution in [0.4, 0.5) is 0 Å². The maximum atomic E-state index is 13.0. The Morgan fingerprint density at radius 1 is 0.955 bits per heavy atom. The Morgan fingerprint density at radius 2 is 1.59 bits per heavy atom. The number of piperidine rings is 1. The normalized spacial score (nSPS) is 32.3. The fourth-order valence-corrected chi connectivity index (χ4v) is 4.10. The van der Waals surface area contributed by atoms with Gasteiger partial charge in [0, 0.05) is 12.8 Å². The highest BCUT2D eigenvalue weighted by Gasteiger charge is 2.59. The average molecular weight is 306 g/mol. The first-order valence-corrected chi connectivity index (χ1v) is 8.11. The summed E-state index contributed by atoms with van der Waals surface area (Å²) in [5, 5.41) is 2.27. The van der Waals surface area contributed by atoms with Crippen molar-refractivity contribution in [3.63, 3.8) is 0 Å². The Labute approximate surface area is 129 Å². The predicted octanol–water partition coefficient (Wildman–Crippen LogP) is 1.28. The molecule has 3 aliphatic rings. The second-order valence-corrected chi connectivity index (χ2v) is 7.06. The molecule has 0 radical (unpaired) electrons. The molecule has 1 atom stereocenters. The molecule has 2 heterocycles. The van der Waals surface area contributed by atoms with Gasteiger partial charge in [-0.1, -0.05) is 25.7 Å². The van der Waals surface area contributed by atoms with Gasteiger partial charge in [-0.05, 0) is 26.2 Å². The molecule has 3 rings (SSSR count). The van der Waals surface area contributed by atoms with Gasteiger partial charge < -0.3 is 0 Å². The van der Waals surface area contributed by atoms with Crippen molar-refractivity contribution in [2.75, 3.05) is 0 Å². The molecular formula is C16H22N2O4.